The Kier molecular flexibility index (Phi) is 4.22. The molecule has 0 aromatic heterocycles. The molecule has 90 valence electrons. The molecule has 6 nitrogen and oxygen atoms in total. The van der Waals surface area contributed by atoms with E-state index in [0.29, 0.717) is 0 Å². The van der Waals surface area contributed by atoms with Gasteiger partial charge < -0.3 is 9.84 Å². The SMILES string of the molecule is C=C(COc1cccc([N+](=O)[O-])c1Br)C(=O)O. The molecule has 1 N–H and O–H groups in total. The molecular formula is C10H8BrNO5. The summed E-state index contributed by atoms with van der Waals surface area (Å²) >= 11 is 3.03. The molecule has 0 atom stereocenters. The zero-order chi connectivity index (χ0) is 13.0. The number of nitro groups is 1. The molecule has 0 aliphatic carbocycles. The van der Waals surface area contributed by atoms with E-state index in [9.17, 15) is 14.9 Å². The molecule has 0 saturated carbocycles. The molecule has 17 heavy (non-hydrogen) atoms. The minimum atomic E-state index is -1.17. The van der Waals surface area contributed by atoms with Crippen molar-refractivity contribution in [2.24, 2.45) is 0 Å². The third kappa shape index (κ3) is 3.28. The number of carboxylic acids is 1. The predicted octanol–water partition coefficient (Wildman–Crippen LogP) is 2.38. The van der Waals surface area contributed by atoms with Crippen molar-refractivity contribution in [1.29, 1.82) is 0 Å². The third-order valence-electron chi connectivity index (χ3n) is 1.84. The molecule has 0 saturated heterocycles. The van der Waals surface area contributed by atoms with Crippen molar-refractivity contribution in [2.75, 3.05) is 6.61 Å². The number of nitrogens with zero attached hydrogens (tertiary/aromatic N) is 1. The van der Waals surface area contributed by atoms with E-state index >= 15 is 0 Å². The van der Waals surface area contributed by atoms with E-state index in [0.717, 1.165) is 0 Å². The number of hydrogen-bond donors (Lipinski definition) is 1. The quantitative estimate of drug-likeness (QED) is 0.512. The Morgan fingerprint density at radius 3 is 2.76 bits per heavy atom. The Bertz CT molecular complexity index is 486. The summed E-state index contributed by atoms with van der Waals surface area (Å²) in [5.74, 6) is -0.979. The summed E-state index contributed by atoms with van der Waals surface area (Å²) in [4.78, 5) is 20.5. The zero-order valence-corrected chi connectivity index (χ0v) is 10.1. The van der Waals surface area contributed by atoms with E-state index in [1.165, 1.54) is 18.2 Å². The first-order chi connectivity index (χ1) is 7.93. The second kappa shape index (κ2) is 5.44. The average molecular weight is 302 g/mol. The summed E-state index contributed by atoms with van der Waals surface area (Å²) in [6.45, 7) is 3.04. The van der Waals surface area contributed by atoms with Crippen molar-refractivity contribution < 1.29 is 19.6 Å². The van der Waals surface area contributed by atoms with Crippen molar-refractivity contribution in [1.82, 2.24) is 0 Å². The summed E-state index contributed by atoms with van der Waals surface area (Å²) in [5, 5.41) is 19.2. The number of nitro benzene ring substituents is 1. The van der Waals surface area contributed by atoms with Crippen LogP contribution in [0.25, 0.3) is 0 Å². The van der Waals surface area contributed by atoms with Crippen LogP contribution in [0, 0.1) is 10.1 Å². The summed E-state index contributed by atoms with van der Waals surface area (Å²) in [6, 6.07) is 4.25. The highest BCUT2D eigenvalue weighted by molar-refractivity contribution is 9.10. The fourth-order valence-electron chi connectivity index (χ4n) is 0.978. The smallest absolute Gasteiger partial charge is 0.334 e. The van der Waals surface area contributed by atoms with Crippen molar-refractivity contribution in [3.63, 3.8) is 0 Å². The van der Waals surface area contributed by atoms with Crippen LogP contribution in [0.5, 0.6) is 5.75 Å². The Balaban J connectivity index is 2.86. The fourth-order valence-corrected chi connectivity index (χ4v) is 1.50. The number of aliphatic carboxylic acids is 1. The number of hydrogen-bond acceptors (Lipinski definition) is 4. The predicted molar refractivity (Wildman–Crippen MR) is 63.1 cm³/mol. The molecule has 0 aliphatic heterocycles. The second-order valence-corrected chi connectivity index (χ2v) is 3.84. The van der Waals surface area contributed by atoms with Crippen molar-refractivity contribution in [3.05, 3.63) is 44.9 Å². The van der Waals surface area contributed by atoms with E-state index < -0.39 is 10.9 Å². The minimum Gasteiger partial charge on any atom is -0.487 e. The standard InChI is InChI=1S/C10H8BrNO5/c1-6(10(13)14)5-17-8-4-2-3-7(9(8)11)12(15)16/h2-4H,1,5H2,(H,13,14). The molecule has 0 bridgehead atoms. The number of halogens is 1. The molecule has 1 rings (SSSR count). The average Bonchev–Trinajstić information content (AvgIpc) is 2.26. The van der Waals surface area contributed by atoms with E-state index in [-0.39, 0.29) is 28.1 Å². The lowest BCUT2D eigenvalue weighted by Gasteiger charge is -2.07. The first kappa shape index (κ1) is 13.2. The fraction of sp³-hybridized carbons (Fsp3) is 0.100. The maximum atomic E-state index is 10.6. The van der Waals surface area contributed by atoms with Crippen LogP contribution < -0.4 is 4.74 Å². The topological polar surface area (TPSA) is 89.7 Å². The van der Waals surface area contributed by atoms with Gasteiger partial charge in [0.2, 0.25) is 0 Å². The Morgan fingerprint density at radius 1 is 1.59 bits per heavy atom. The lowest BCUT2D eigenvalue weighted by Crippen LogP contribution is -2.09. The number of benzene rings is 1. The second-order valence-electron chi connectivity index (χ2n) is 3.04. The number of carbonyl (C=O) groups is 1. The number of carboxylic acid groups (broad SMARTS) is 1. The highest BCUT2D eigenvalue weighted by Gasteiger charge is 2.16. The van der Waals surface area contributed by atoms with Crippen LogP contribution in [-0.2, 0) is 4.79 Å². The Hall–Kier alpha value is -1.89. The summed E-state index contributed by atoms with van der Waals surface area (Å²) in [5.41, 5.74) is -0.285. The van der Waals surface area contributed by atoms with Gasteiger partial charge >= 0.3 is 5.97 Å². The van der Waals surface area contributed by atoms with E-state index in [1.807, 2.05) is 0 Å². The first-order valence-corrected chi connectivity index (χ1v) is 5.19. The van der Waals surface area contributed by atoms with E-state index in [4.69, 9.17) is 9.84 Å². The van der Waals surface area contributed by atoms with Crippen LogP contribution >= 0.6 is 15.9 Å². The molecular weight excluding hydrogens is 294 g/mol. The van der Waals surface area contributed by atoms with Gasteiger partial charge in [-0.2, -0.15) is 0 Å². The normalized spacial score (nSPS) is 9.71. The van der Waals surface area contributed by atoms with Gasteiger partial charge in [-0.3, -0.25) is 10.1 Å². The van der Waals surface area contributed by atoms with Crippen molar-refractivity contribution in [3.8, 4) is 5.75 Å². The maximum Gasteiger partial charge on any atom is 0.334 e. The van der Waals surface area contributed by atoms with Gasteiger partial charge in [-0.05, 0) is 22.0 Å². The van der Waals surface area contributed by atoms with Gasteiger partial charge in [-0.15, -0.1) is 0 Å². The third-order valence-corrected chi connectivity index (χ3v) is 2.64. The number of rotatable bonds is 5. The van der Waals surface area contributed by atoms with Gasteiger partial charge in [0, 0.05) is 6.07 Å². The summed E-state index contributed by atoms with van der Waals surface area (Å²) < 4.78 is 5.29. The molecule has 0 unspecified atom stereocenters. The monoisotopic (exact) mass is 301 g/mol. The Labute approximate surface area is 105 Å². The Morgan fingerprint density at radius 2 is 2.24 bits per heavy atom. The van der Waals surface area contributed by atoms with E-state index in [1.54, 1.807) is 0 Å². The van der Waals surface area contributed by atoms with Crippen LogP contribution in [0.2, 0.25) is 0 Å². The van der Waals surface area contributed by atoms with Crippen molar-refractivity contribution >= 4 is 27.6 Å². The molecule has 0 radical (unpaired) electrons. The molecule has 0 aliphatic rings. The minimum absolute atomic E-state index is 0.136. The lowest BCUT2D eigenvalue weighted by atomic mass is 10.3. The molecule has 1 aromatic rings. The summed E-state index contributed by atoms with van der Waals surface area (Å²) in [6.07, 6.45) is 0. The van der Waals surface area contributed by atoms with Crippen LogP contribution in [0.4, 0.5) is 5.69 Å². The zero-order valence-electron chi connectivity index (χ0n) is 8.55. The van der Waals surface area contributed by atoms with Crippen LogP contribution in [0.15, 0.2) is 34.8 Å². The number of ether oxygens (including phenoxy) is 1. The highest BCUT2D eigenvalue weighted by Crippen LogP contribution is 2.33. The van der Waals surface area contributed by atoms with Gasteiger partial charge in [0.1, 0.15) is 16.8 Å². The van der Waals surface area contributed by atoms with Crippen LogP contribution in [0.3, 0.4) is 0 Å². The van der Waals surface area contributed by atoms with Crippen LogP contribution in [-0.4, -0.2) is 22.6 Å². The van der Waals surface area contributed by atoms with E-state index in [2.05, 4.69) is 22.5 Å². The van der Waals surface area contributed by atoms with Gasteiger partial charge in [0.05, 0.1) is 10.5 Å². The lowest BCUT2D eigenvalue weighted by molar-refractivity contribution is -0.385. The van der Waals surface area contributed by atoms with Crippen molar-refractivity contribution in [2.45, 2.75) is 0 Å². The highest BCUT2D eigenvalue weighted by atomic mass is 79.9. The maximum absolute atomic E-state index is 10.6. The molecule has 0 fully saturated rings. The molecule has 1 aromatic carbocycles. The molecule has 0 spiro atoms. The molecule has 0 amide bonds. The first-order valence-electron chi connectivity index (χ1n) is 4.40. The summed E-state index contributed by atoms with van der Waals surface area (Å²) in [7, 11) is 0. The largest absolute Gasteiger partial charge is 0.487 e. The van der Waals surface area contributed by atoms with Crippen LogP contribution in [0.1, 0.15) is 0 Å². The van der Waals surface area contributed by atoms with Gasteiger partial charge in [-0.25, -0.2) is 4.79 Å². The van der Waals surface area contributed by atoms with Gasteiger partial charge in [0.15, 0.2) is 0 Å². The van der Waals surface area contributed by atoms with Gasteiger partial charge in [0.25, 0.3) is 5.69 Å². The molecule has 0 heterocycles. The van der Waals surface area contributed by atoms with Gasteiger partial charge in [-0.1, -0.05) is 12.6 Å². The molecule has 7 heteroatoms.